The number of carbonyl (C=O) groups is 2. The second kappa shape index (κ2) is 4.13. The molecule has 0 fully saturated rings. The van der Waals surface area contributed by atoms with Crippen molar-refractivity contribution in [2.45, 2.75) is 19.0 Å². The minimum Gasteiger partial charge on any atom is -0.479 e. The van der Waals surface area contributed by atoms with E-state index in [1.54, 1.807) is 0 Å². The van der Waals surface area contributed by atoms with Crippen LogP contribution >= 0.6 is 0 Å². The van der Waals surface area contributed by atoms with Gasteiger partial charge in [-0.15, -0.1) is 0 Å². The fourth-order valence-electron chi connectivity index (χ4n) is 0.494. The smallest absolute Gasteiger partial charge is 0.380 e. The summed E-state index contributed by atoms with van der Waals surface area (Å²) in [5.74, 6) is -8.65. The summed E-state index contributed by atoms with van der Waals surface area (Å²) in [7, 11) is 0. The molecule has 0 bridgehead atoms. The first-order valence-corrected chi connectivity index (χ1v) is 3.30. The zero-order valence-corrected chi connectivity index (χ0v) is 6.66. The highest BCUT2D eigenvalue weighted by molar-refractivity contribution is 5.86. The molecule has 0 aliphatic heterocycles. The maximum atomic E-state index is 12.5. The summed E-state index contributed by atoms with van der Waals surface area (Å²) < 4.78 is 29.0. The van der Waals surface area contributed by atoms with E-state index in [0.717, 1.165) is 0 Å². The SMILES string of the molecule is CCOC(=O)C(F)(F)C(O)C(=O)O. The second-order valence-electron chi connectivity index (χ2n) is 2.08. The van der Waals surface area contributed by atoms with Gasteiger partial charge >= 0.3 is 17.9 Å². The lowest BCUT2D eigenvalue weighted by molar-refractivity contribution is -0.196. The molecule has 0 amide bonds. The van der Waals surface area contributed by atoms with E-state index < -0.39 is 24.0 Å². The average Bonchev–Trinajstić information content (AvgIpc) is 2.03. The van der Waals surface area contributed by atoms with Crippen LogP contribution in [-0.4, -0.2) is 40.8 Å². The van der Waals surface area contributed by atoms with Crippen molar-refractivity contribution in [1.29, 1.82) is 0 Å². The number of carboxylic acids is 1. The van der Waals surface area contributed by atoms with Crippen LogP contribution in [0, 0.1) is 0 Å². The average molecular weight is 198 g/mol. The summed E-state index contributed by atoms with van der Waals surface area (Å²) in [4.78, 5) is 20.3. The summed E-state index contributed by atoms with van der Waals surface area (Å²) in [6.45, 7) is 0.960. The van der Waals surface area contributed by atoms with Crippen LogP contribution in [0.4, 0.5) is 8.78 Å². The van der Waals surface area contributed by atoms with Crippen LogP contribution in [0.1, 0.15) is 6.92 Å². The van der Waals surface area contributed by atoms with E-state index in [0.29, 0.717) is 0 Å². The zero-order valence-electron chi connectivity index (χ0n) is 6.66. The number of hydrogen-bond acceptors (Lipinski definition) is 4. The number of rotatable bonds is 4. The number of hydrogen-bond donors (Lipinski definition) is 2. The van der Waals surface area contributed by atoms with Crippen LogP contribution in [0.5, 0.6) is 0 Å². The summed E-state index contributed by atoms with van der Waals surface area (Å²) in [6.07, 6.45) is -3.08. The standard InChI is InChI=1S/C6H8F2O5/c1-2-13-5(12)6(7,8)3(9)4(10)11/h3,9H,2H2,1H3,(H,10,11). The Morgan fingerprint density at radius 2 is 2.00 bits per heavy atom. The molecule has 1 atom stereocenters. The van der Waals surface area contributed by atoms with Crippen molar-refractivity contribution in [3.63, 3.8) is 0 Å². The molecule has 13 heavy (non-hydrogen) atoms. The molecule has 0 aromatic heterocycles. The minimum absolute atomic E-state index is 0.319. The lowest BCUT2D eigenvalue weighted by atomic mass is 10.2. The Balaban J connectivity index is 4.54. The van der Waals surface area contributed by atoms with Crippen LogP contribution < -0.4 is 0 Å². The van der Waals surface area contributed by atoms with Crippen molar-refractivity contribution in [2.75, 3.05) is 6.61 Å². The molecule has 0 saturated heterocycles. The maximum Gasteiger partial charge on any atom is 0.380 e. The van der Waals surface area contributed by atoms with Crippen LogP contribution in [0.25, 0.3) is 0 Å². The van der Waals surface area contributed by atoms with Crippen molar-refractivity contribution in [1.82, 2.24) is 0 Å². The molecule has 0 aliphatic carbocycles. The van der Waals surface area contributed by atoms with Gasteiger partial charge in [0.1, 0.15) is 0 Å². The summed E-state index contributed by atoms with van der Waals surface area (Å²) in [5, 5.41) is 16.4. The van der Waals surface area contributed by atoms with Crippen LogP contribution in [0.2, 0.25) is 0 Å². The number of aliphatic hydroxyl groups is 1. The van der Waals surface area contributed by atoms with Crippen molar-refractivity contribution >= 4 is 11.9 Å². The molecule has 0 aromatic carbocycles. The molecule has 0 radical (unpaired) electrons. The van der Waals surface area contributed by atoms with Crippen molar-refractivity contribution in [3.05, 3.63) is 0 Å². The monoisotopic (exact) mass is 198 g/mol. The number of aliphatic hydroxyl groups excluding tert-OH is 1. The van der Waals surface area contributed by atoms with Gasteiger partial charge in [0.15, 0.2) is 0 Å². The molecule has 0 rings (SSSR count). The number of halogens is 2. The molecule has 1 unspecified atom stereocenters. The number of esters is 1. The Morgan fingerprint density at radius 3 is 2.31 bits per heavy atom. The summed E-state index contributed by atoms with van der Waals surface area (Å²) in [5.41, 5.74) is 0. The summed E-state index contributed by atoms with van der Waals surface area (Å²) in [6, 6.07) is 0. The van der Waals surface area contributed by atoms with Crippen LogP contribution in [-0.2, 0) is 14.3 Å². The molecule has 0 aliphatic rings. The minimum atomic E-state index is -4.41. The molecule has 76 valence electrons. The lowest BCUT2D eigenvalue weighted by Crippen LogP contribution is -2.47. The summed E-state index contributed by atoms with van der Waals surface area (Å²) >= 11 is 0. The highest BCUT2D eigenvalue weighted by Gasteiger charge is 2.52. The molecule has 7 heteroatoms. The predicted octanol–water partition coefficient (Wildman–Crippen LogP) is -0.370. The van der Waals surface area contributed by atoms with E-state index in [1.165, 1.54) is 6.92 Å². The van der Waals surface area contributed by atoms with Gasteiger partial charge in [0.2, 0.25) is 6.10 Å². The third kappa shape index (κ3) is 2.62. The van der Waals surface area contributed by atoms with Crippen molar-refractivity contribution < 1.29 is 33.3 Å². The third-order valence-corrected chi connectivity index (χ3v) is 1.12. The van der Waals surface area contributed by atoms with E-state index in [-0.39, 0.29) is 6.61 Å². The molecular weight excluding hydrogens is 190 g/mol. The topological polar surface area (TPSA) is 83.8 Å². The lowest BCUT2D eigenvalue weighted by Gasteiger charge is -2.16. The Kier molecular flexibility index (Phi) is 3.73. The van der Waals surface area contributed by atoms with Gasteiger partial charge in [-0.25, -0.2) is 9.59 Å². The first kappa shape index (κ1) is 11.8. The number of alkyl halides is 2. The van der Waals surface area contributed by atoms with Gasteiger partial charge in [0, 0.05) is 0 Å². The van der Waals surface area contributed by atoms with Gasteiger partial charge < -0.3 is 14.9 Å². The van der Waals surface area contributed by atoms with Gasteiger partial charge in [-0.3, -0.25) is 0 Å². The first-order chi connectivity index (χ1) is 5.84. The molecular formula is C6H8F2O5. The highest BCUT2D eigenvalue weighted by Crippen LogP contribution is 2.20. The third-order valence-electron chi connectivity index (χ3n) is 1.12. The van der Waals surface area contributed by atoms with Crippen LogP contribution in [0.15, 0.2) is 0 Å². The van der Waals surface area contributed by atoms with E-state index in [2.05, 4.69) is 4.74 Å². The molecule has 0 heterocycles. The highest BCUT2D eigenvalue weighted by atomic mass is 19.3. The number of aliphatic carboxylic acids is 1. The molecule has 5 nitrogen and oxygen atoms in total. The fourth-order valence-corrected chi connectivity index (χ4v) is 0.494. The zero-order chi connectivity index (χ0) is 10.6. The van der Waals surface area contributed by atoms with E-state index in [4.69, 9.17) is 10.2 Å². The predicted molar refractivity (Wildman–Crippen MR) is 35.2 cm³/mol. The Morgan fingerprint density at radius 1 is 1.54 bits per heavy atom. The molecule has 2 N–H and O–H groups in total. The second-order valence-corrected chi connectivity index (χ2v) is 2.08. The molecule has 0 aromatic rings. The van der Waals surface area contributed by atoms with Gasteiger partial charge in [-0.2, -0.15) is 8.78 Å². The Hall–Kier alpha value is -1.24. The van der Waals surface area contributed by atoms with Crippen LogP contribution in [0.3, 0.4) is 0 Å². The maximum absolute atomic E-state index is 12.5. The number of ether oxygens (including phenoxy) is 1. The largest absolute Gasteiger partial charge is 0.479 e. The van der Waals surface area contributed by atoms with Crippen molar-refractivity contribution in [2.24, 2.45) is 0 Å². The van der Waals surface area contributed by atoms with E-state index in [9.17, 15) is 18.4 Å². The quantitative estimate of drug-likeness (QED) is 0.602. The number of carboxylic acid groups (broad SMARTS) is 1. The fraction of sp³-hybridized carbons (Fsp3) is 0.667. The van der Waals surface area contributed by atoms with Gasteiger partial charge in [0.25, 0.3) is 0 Å². The number of carbonyl (C=O) groups excluding carboxylic acids is 1. The first-order valence-electron chi connectivity index (χ1n) is 3.30. The molecule has 0 saturated carbocycles. The Labute approximate surface area is 71.9 Å². The molecule has 0 spiro atoms. The van der Waals surface area contributed by atoms with Gasteiger partial charge in [-0.1, -0.05) is 0 Å². The Bertz CT molecular complexity index is 215. The van der Waals surface area contributed by atoms with E-state index in [1.807, 2.05) is 0 Å². The van der Waals surface area contributed by atoms with E-state index >= 15 is 0 Å². The normalized spacial score (nSPS) is 13.5. The van der Waals surface area contributed by atoms with Gasteiger partial charge in [-0.05, 0) is 6.92 Å². The van der Waals surface area contributed by atoms with Gasteiger partial charge in [0.05, 0.1) is 6.61 Å². The van der Waals surface area contributed by atoms with Crippen molar-refractivity contribution in [3.8, 4) is 0 Å².